The number of hydrogen-bond donors (Lipinski definition) is 1. The van der Waals surface area contributed by atoms with Gasteiger partial charge in [-0.1, -0.05) is 12.8 Å². The van der Waals surface area contributed by atoms with Crippen molar-refractivity contribution in [3.63, 3.8) is 0 Å². The first-order chi connectivity index (χ1) is 7.79. The lowest BCUT2D eigenvalue weighted by molar-refractivity contribution is 0.132. The smallest absolute Gasteiger partial charge is 0.320 e. The standard InChI is InChI=1S/C12H23N3O/c1-11-5-3-2-4-8-15(11)12(16)14-9-6-13-7-10-14/h11,13H,2-10H2,1H3. The Bertz CT molecular complexity index is 238. The highest BCUT2D eigenvalue weighted by molar-refractivity contribution is 5.75. The maximum atomic E-state index is 12.3. The van der Waals surface area contributed by atoms with Gasteiger partial charge in [0.1, 0.15) is 0 Å². The molecule has 2 rings (SSSR count). The zero-order valence-electron chi connectivity index (χ0n) is 10.2. The minimum Gasteiger partial charge on any atom is -0.322 e. The molecule has 0 radical (unpaired) electrons. The van der Waals surface area contributed by atoms with E-state index < -0.39 is 0 Å². The number of rotatable bonds is 0. The third kappa shape index (κ3) is 2.67. The van der Waals surface area contributed by atoms with Crippen molar-refractivity contribution in [1.29, 1.82) is 0 Å². The molecule has 2 aliphatic rings. The maximum Gasteiger partial charge on any atom is 0.320 e. The molecular weight excluding hydrogens is 202 g/mol. The molecule has 4 nitrogen and oxygen atoms in total. The normalized spacial score (nSPS) is 27.7. The predicted molar refractivity (Wildman–Crippen MR) is 64.5 cm³/mol. The number of hydrogen-bond acceptors (Lipinski definition) is 2. The number of amides is 2. The van der Waals surface area contributed by atoms with Crippen LogP contribution in [0.25, 0.3) is 0 Å². The van der Waals surface area contributed by atoms with Gasteiger partial charge < -0.3 is 15.1 Å². The molecule has 1 N–H and O–H groups in total. The molecule has 16 heavy (non-hydrogen) atoms. The van der Waals surface area contributed by atoms with Crippen molar-refractivity contribution >= 4 is 6.03 Å². The van der Waals surface area contributed by atoms with Gasteiger partial charge in [-0.25, -0.2) is 4.79 Å². The third-order valence-electron chi connectivity index (χ3n) is 3.69. The summed E-state index contributed by atoms with van der Waals surface area (Å²) in [5.74, 6) is 0. The number of nitrogens with zero attached hydrogens (tertiary/aromatic N) is 2. The van der Waals surface area contributed by atoms with Crippen LogP contribution in [0.2, 0.25) is 0 Å². The van der Waals surface area contributed by atoms with Crippen LogP contribution in [0, 0.1) is 0 Å². The summed E-state index contributed by atoms with van der Waals surface area (Å²) in [6, 6.07) is 0.681. The first-order valence-corrected chi connectivity index (χ1v) is 6.55. The minimum absolute atomic E-state index is 0.260. The first-order valence-electron chi connectivity index (χ1n) is 6.55. The van der Waals surface area contributed by atoms with Crippen LogP contribution < -0.4 is 5.32 Å². The average Bonchev–Trinajstić information content (AvgIpc) is 2.54. The van der Waals surface area contributed by atoms with E-state index in [1.807, 2.05) is 4.90 Å². The summed E-state index contributed by atoms with van der Waals surface area (Å²) < 4.78 is 0. The van der Waals surface area contributed by atoms with Gasteiger partial charge in [0.2, 0.25) is 0 Å². The second-order valence-corrected chi connectivity index (χ2v) is 4.91. The molecule has 2 amide bonds. The molecule has 4 heteroatoms. The Morgan fingerprint density at radius 1 is 1.12 bits per heavy atom. The average molecular weight is 225 g/mol. The molecule has 2 saturated heterocycles. The quantitative estimate of drug-likeness (QED) is 0.674. The fraction of sp³-hybridized carbons (Fsp3) is 0.917. The van der Waals surface area contributed by atoms with Crippen molar-refractivity contribution in [2.24, 2.45) is 0 Å². The monoisotopic (exact) mass is 225 g/mol. The summed E-state index contributed by atoms with van der Waals surface area (Å²) in [6.45, 7) is 6.74. The zero-order chi connectivity index (χ0) is 11.4. The molecule has 0 aromatic rings. The SMILES string of the molecule is CC1CCCCCN1C(=O)N1CCNCC1. The minimum atomic E-state index is 0.260. The summed E-state index contributed by atoms with van der Waals surface area (Å²) >= 11 is 0. The number of piperazine rings is 1. The third-order valence-corrected chi connectivity index (χ3v) is 3.69. The lowest BCUT2D eigenvalue weighted by Crippen LogP contribution is -2.53. The van der Waals surface area contributed by atoms with E-state index in [4.69, 9.17) is 0 Å². The highest BCUT2D eigenvalue weighted by Gasteiger charge is 2.26. The molecule has 92 valence electrons. The van der Waals surface area contributed by atoms with Gasteiger partial charge in [0.15, 0.2) is 0 Å². The van der Waals surface area contributed by atoms with E-state index >= 15 is 0 Å². The summed E-state index contributed by atoms with van der Waals surface area (Å²) in [5, 5.41) is 3.28. The van der Waals surface area contributed by atoms with E-state index in [-0.39, 0.29) is 6.03 Å². The predicted octanol–water partition coefficient (Wildman–Crippen LogP) is 1.28. The summed E-state index contributed by atoms with van der Waals surface area (Å²) in [7, 11) is 0. The highest BCUT2D eigenvalue weighted by atomic mass is 16.2. The largest absolute Gasteiger partial charge is 0.322 e. The van der Waals surface area contributed by atoms with Crippen molar-refractivity contribution in [3.05, 3.63) is 0 Å². The molecular formula is C12H23N3O. The molecule has 0 saturated carbocycles. The highest BCUT2D eigenvalue weighted by Crippen LogP contribution is 2.18. The van der Waals surface area contributed by atoms with E-state index in [1.54, 1.807) is 0 Å². The van der Waals surface area contributed by atoms with Crippen LogP contribution in [0.4, 0.5) is 4.79 Å². The Kier molecular flexibility index (Phi) is 4.04. The fourth-order valence-electron chi connectivity index (χ4n) is 2.60. The molecule has 0 aliphatic carbocycles. The summed E-state index contributed by atoms with van der Waals surface area (Å²) in [5.41, 5.74) is 0. The number of nitrogens with one attached hydrogen (secondary N) is 1. The van der Waals surface area contributed by atoms with Gasteiger partial charge in [0.05, 0.1) is 0 Å². The van der Waals surface area contributed by atoms with Crippen LogP contribution in [0.3, 0.4) is 0 Å². The van der Waals surface area contributed by atoms with Gasteiger partial charge in [0.25, 0.3) is 0 Å². The van der Waals surface area contributed by atoms with Crippen molar-refractivity contribution in [3.8, 4) is 0 Å². The zero-order valence-corrected chi connectivity index (χ0v) is 10.2. The number of carbonyl (C=O) groups excluding carboxylic acids is 1. The second kappa shape index (κ2) is 5.53. The molecule has 0 aromatic carbocycles. The molecule has 1 unspecified atom stereocenters. The molecule has 0 spiro atoms. The molecule has 0 bridgehead atoms. The summed E-state index contributed by atoms with van der Waals surface area (Å²) in [4.78, 5) is 16.4. The fourth-order valence-corrected chi connectivity index (χ4v) is 2.60. The topological polar surface area (TPSA) is 35.6 Å². The van der Waals surface area contributed by atoms with Crippen molar-refractivity contribution in [2.45, 2.75) is 38.6 Å². The van der Waals surface area contributed by atoms with Crippen LogP contribution in [0.1, 0.15) is 32.6 Å². The van der Waals surface area contributed by atoms with E-state index in [2.05, 4.69) is 17.1 Å². The van der Waals surface area contributed by atoms with Crippen LogP contribution in [-0.2, 0) is 0 Å². The molecule has 1 atom stereocenters. The van der Waals surface area contributed by atoms with E-state index in [9.17, 15) is 4.79 Å². The maximum absolute atomic E-state index is 12.3. The second-order valence-electron chi connectivity index (χ2n) is 4.91. The van der Waals surface area contributed by atoms with Crippen molar-refractivity contribution in [2.75, 3.05) is 32.7 Å². The Morgan fingerprint density at radius 3 is 2.62 bits per heavy atom. The Hall–Kier alpha value is -0.770. The lowest BCUT2D eigenvalue weighted by Gasteiger charge is -2.35. The van der Waals surface area contributed by atoms with Crippen molar-refractivity contribution in [1.82, 2.24) is 15.1 Å². The van der Waals surface area contributed by atoms with Crippen LogP contribution >= 0.6 is 0 Å². The first kappa shape index (κ1) is 11.7. The van der Waals surface area contributed by atoms with Gasteiger partial charge in [-0.05, 0) is 19.8 Å². The summed E-state index contributed by atoms with van der Waals surface area (Å²) in [6.07, 6.45) is 4.88. The van der Waals surface area contributed by atoms with Crippen LogP contribution in [-0.4, -0.2) is 54.6 Å². The molecule has 2 aliphatic heterocycles. The number of carbonyl (C=O) groups is 1. The van der Waals surface area contributed by atoms with Crippen LogP contribution in [0.5, 0.6) is 0 Å². The Morgan fingerprint density at radius 2 is 1.88 bits per heavy atom. The van der Waals surface area contributed by atoms with Gasteiger partial charge >= 0.3 is 6.03 Å². The van der Waals surface area contributed by atoms with Gasteiger partial charge in [-0.15, -0.1) is 0 Å². The lowest BCUT2D eigenvalue weighted by atomic mass is 10.1. The number of likely N-dealkylation sites (tertiary alicyclic amines) is 1. The van der Waals surface area contributed by atoms with Gasteiger partial charge in [0, 0.05) is 38.8 Å². The van der Waals surface area contributed by atoms with Gasteiger partial charge in [-0.3, -0.25) is 0 Å². The van der Waals surface area contributed by atoms with Crippen molar-refractivity contribution < 1.29 is 4.79 Å². The van der Waals surface area contributed by atoms with E-state index in [0.29, 0.717) is 6.04 Å². The van der Waals surface area contributed by atoms with Gasteiger partial charge in [-0.2, -0.15) is 0 Å². The number of urea groups is 1. The molecule has 0 aromatic heterocycles. The molecule has 2 fully saturated rings. The molecule has 2 heterocycles. The van der Waals surface area contributed by atoms with Crippen LogP contribution in [0.15, 0.2) is 0 Å². The Labute approximate surface area is 98.0 Å². The van der Waals surface area contributed by atoms with E-state index in [0.717, 1.165) is 39.1 Å². The van der Waals surface area contributed by atoms with E-state index in [1.165, 1.54) is 19.3 Å². The Balaban J connectivity index is 1.95.